The summed E-state index contributed by atoms with van der Waals surface area (Å²) in [5.41, 5.74) is 5.17. The van der Waals surface area contributed by atoms with Crippen molar-refractivity contribution >= 4 is 11.7 Å². The monoisotopic (exact) mass is 214 g/mol. The molecular formula is C11H22N2O2. The van der Waals surface area contributed by atoms with Gasteiger partial charge in [0.2, 0.25) is 5.91 Å². The number of hydrogen-bond acceptors (Lipinski definition) is 3. The van der Waals surface area contributed by atoms with Crippen LogP contribution in [0.25, 0.3) is 0 Å². The Hall–Kier alpha value is -0.900. The summed E-state index contributed by atoms with van der Waals surface area (Å²) in [6.45, 7) is 9.10. The summed E-state index contributed by atoms with van der Waals surface area (Å²) >= 11 is 0. The summed E-state index contributed by atoms with van der Waals surface area (Å²) in [6, 6.07) is -0.491. The molecule has 0 saturated heterocycles. The van der Waals surface area contributed by atoms with Crippen LogP contribution in [0.15, 0.2) is 0 Å². The number of amides is 1. The van der Waals surface area contributed by atoms with E-state index < -0.39 is 6.04 Å². The molecule has 0 fully saturated rings. The zero-order valence-corrected chi connectivity index (χ0v) is 10.3. The number of ketones is 1. The van der Waals surface area contributed by atoms with E-state index >= 15 is 0 Å². The van der Waals surface area contributed by atoms with Crippen molar-refractivity contribution in [2.24, 2.45) is 11.7 Å². The van der Waals surface area contributed by atoms with Gasteiger partial charge in [0.15, 0.2) is 0 Å². The molecule has 0 bridgehead atoms. The van der Waals surface area contributed by atoms with E-state index in [1.807, 2.05) is 20.8 Å². The lowest BCUT2D eigenvalue weighted by Crippen LogP contribution is -2.44. The van der Waals surface area contributed by atoms with Crippen molar-refractivity contribution in [3.05, 3.63) is 0 Å². The van der Waals surface area contributed by atoms with Crippen molar-refractivity contribution in [3.8, 4) is 0 Å². The number of carbonyl (C=O) groups excluding carboxylic acids is 2. The molecule has 88 valence electrons. The molecule has 2 atom stereocenters. The van der Waals surface area contributed by atoms with E-state index in [1.54, 1.807) is 13.8 Å². The Morgan fingerprint density at radius 2 is 1.73 bits per heavy atom. The first-order chi connectivity index (χ1) is 6.63. The van der Waals surface area contributed by atoms with Gasteiger partial charge in [-0.1, -0.05) is 6.92 Å². The number of Topliss-reactive ketones (excluding diaryl/α,β-unsaturated/α-hetero) is 1. The van der Waals surface area contributed by atoms with Crippen LogP contribution in [0, 0.1) is 5.92 Å². The molecule has 0 saturated carbocycles. The van der Waals surface area contributed by atoms with E-state index in [0.29, 0.717) is 0 Å². The number of nitrogens with one attached hydrogen (secondary N) is 1. The van der Waals surface area contributed by atoms with Gasteiger partial charge in [0.05, 0.1) is 6.04 Å². The molecule has 0 aromatic carbocycles. The van der Waals surface area contributed by atoms with Crippen LogP contribution < -0.4 is 11.1 Å². The van der Waals surface area contributed by atoms with Crippen LogP contribution in [0.2, 0.25) is 0 Å². The van der Waals surface area contributed by atoms with Gasteiger partial charge in [-0.25, -0.2) is 0 Å². The highest BCUT2D eigenvalue weighted by Gasteiger charge is 2.22. The Morgan fingerprint density at radius 1 is 1.27 bits per heavy atom. The van der Waals surface area contributed by atoms with Gasteiger partial charge in [-0.3, -0.25) is 9.59 Å². The molecule has 0 aliphatic heterocycles. The van der Waals surface area contributed by atoms with Crippen LogP contribution in [0.3, 0.4) is 0 Å². The first-order valence-corrected chi connectivity index (χ1v) is 5.24. The maximum absolute atomic E-state index is 11.6. The van der Waals surface area contributed by atoms with E-state index in [1.165, 1.54) is 0 Å². The summed E-state index contributed by atoms with van der Waals surface area (Å²) in [4.78, 5) is 22.9. The van der Waals surface area contributed by atoms with E-state index in [9.17, 15) is 9.59 Å². The summed E-state index contributed by atoms with van der Waals surface area (Å²) in [7, 11) is 0. The Kier molecular flexibility index (Phi) is 4.94. The van der Waals surface area contributed by atoms with E-state index in [0.717, 1.165) is 0 Å². The van der Waals surface area contributed by atoms with E-state index in [4.69, 9.17) is 5.73 Å². The van der Waals surface area contributed by atoms with Gasteiger partial charge in [-0.15, -0.1) is 0 Å². The van der Waals surface area contributed by atoms with Crippen molar-refractivity contribution in [1.82, 2.24) is 5.32 Å². The van der Waals surface area contributed by atoms with Crippen LogP contribution in [-0.2, 0) is 9.59 Å². The Bertz CT molecular complexity index is 241. The van der Waals surface area contributed by atoms with Crippen molar-refractivity contribution < 1.29 is 9.59 Å². The fraction of sp³-hybridized carbons (Fsp3) is 0.818. The Morgan fingerprint density at radius 3 is 2.07 bits per heavy atom. The zero-order valence-electron chi connectivity index (χ0n) is 10.3. The van der Waals surface area contributed by atoms with Crippen LogP contribution in [0.5, 0.6) is 0 Å². The molecule has 4 heteroatoms. The van der Waals surface area contributed by atoms with Crippen LogP contribution in [-0.4, -0.2) is 23.3 Å². The summed E-state index contributed by atoms with van der Waals surface area (Å²) in [5, 5.41) is 2.83. The highest BCUT2D eigenvalue weighted by molar-refractivity contribution is 5.89. The summed E-state index contributed by atoms with van der Waals surface area (Å²) in [5.74, 6) is -0.495. The lowest BCUT2D eigenvalue weighted by Gasteiger charge is -2.23. The molecule has 0 rings (SSSR count). The highest BCUT2D eigenvalue weighted by atomic mass is 16.2. The van der Waals surface area contributed by atoms with Gasteiger partial charge >= 0.3 is 0 Å². The lowest BCUT2D eigenvalue weighted by atomic mass is 9.99. The van der Waals surface area contributed by atoms with E-state index in [2.05, 4.69) is 5.32 Å². The predicted molar refractivity (Wildman–Crippen MR) is 60.3 cm³/mol. The maximum Gasteiger partial charge on any atom is 0.223 e. The maximum atomic E-state index is 11.6. The fourth-order valence-electron chi connectivity index (χ4n) is 1.07. The average Bonchev–Trinajstić information content (AvgIpc) is 2.00. The van der Waals surface area contributed by atoms with Crippen molar-refractivity contribution in [1.29, 1.82) is 0 Å². The topological polar surface area (TPSA) is 72.2 Å². The number of nitrogens with two attached hydrogens (primary N) is 1. The minimum absolute atomic E-state index is 0.0773. The van der Waals surface area contributed by atoms with Gasteiger partial charge in [0.1, 0.15) is 5.78 Å². The SMILES string of the molecule is C[C@H](N)C(=O)C[C@@H](C)C(=O)NC(C)(C)C. The van der Waals surface area contributed by atoms with Crippen LogP contribution >= 0.6 is 0 Å². The summed E-state index contributed by atoms with van der Waals surface area (Å²) < 4.78 is 0. The second kappa shape index (κ2) is 5.26. The largest absolute Gasteiger partial charge is 0.351 e. The molecule has 0 heterocycles. The normalized spacial score (nSPS) is 15.6. The van der Waals surface area contributed by atoms with Crippen molar-refractivity contribution in [2.45, 2.75) is 52.6 Å². The minimum Gasteiger partial charge on any atom is -0.351 e. The van der Waals surface area contributed by atoms with Crippen LogP contribution in [0.1, 0.15) is 41.0 Å². The predicted octanol–water partition coefficient (Wildman–Crippen LogP) is 0.844. The number of rotatable bonds is 4. The Labute approximate surface area is 91.6 Å². The quantitative estimate of drug-likeness (QED) is 0.728. The third kappa shape index (κ3) is 6.23. The molecule has 0 spiro atoms. The van der Waals surface area contributed by atoms with Crippen molar-refractivity contribution in [3.63, 3.8) is 0 Å². The summed E-state index contributed by atoms with van der Waals surface area (Å²) in [6.07, 6.45) is 0.208. The highest BCUT2D eigenvalue weighted by Crippen LogP contribution is 2.07. The molecule has 0 radical (unpaired) electrons. The molecule has 0 aliphatic carbocycles. The Balaban J connectivity index is 4.17. The van der Waals surface area contributed by atoms with Gasteiger partial charge < -0.3 is 11.1 Å². The molecule has 3 N–H and O–H groups in total. The van der Waals surface area contributed by atoms with Crippen molar-refractivity contribution in [2.75, 3.05) is 0 Å². The number of hydrogen-bond donors (Lipinski definition) is 2. The molecular weight excluding hydrogens is 192 g/mol. The average molecular weight is 214 g/mol. The smallest absolute Gasteiger partial charge is 0.223 e. The second-order valence-corrected chi connectivity index (χ2v) is 5.10. The first kappa shape index (κ1) is 14.1. The molecule has 15 heavy (non-hydrogen) atoms. The second-order valence-electron chi connectivity index (χ2n) is 5.10. The molecule has 0 aliphatic rings. The van der Waals surface area contributed by atoms with Crippen LogP contribution in [0.4, 0.5) is 0 Å². The molecule has 0 aromatic heterocycles. The fourth-order valence-corrected chi connectivity index (χ4v) is 1.07. The standard InChI is InChI=1S/C11H22N2O2/c1-7(6-9(14)8(2)12)10(15)13-11(3,4)5/h7-8H,6,12H2,1-5H3,(H,13,15)/t7-,8+/m1/s1. The van der Waals surface area contributed by atoms with Gasteiger partial charge in [-0.05, 0) is 27.7 Å². The lowest BCUT2D eigenvalue weighted by molar-refractivity contribution is -0.130. The third-order valence-electron chi connectivity index (χ3n) is 1.96. The minimum atomic E-state index is -0.491. The molecule has 4 nitrogen and oxygen atoms in total. The number of carbonyl (C=O) groups is 2. The van der Waals surface area contributed by atoms with Gasteiger partial charge in [0.25, 0.3) is 0 Å². The van der Waals surface area contributed by atoms with E-state index in [-0.39, 0.29) is 29.6 Å². The third-order valence-corrected chi connectivity index (χ3v) is 1.96. The molecule has 1 amide bonds. The first-order valence-electron chi connectivity index (χ1n) is 5.24. The zero-order chi connectivity index (χ0) is 12.2. The van der Waals surface area contributed by atoms with Gasteiger partial charge in [-0.2, -0.15) is 0 Å². The molecule has 0 unspecified atom stereocenters. The molecule has 0 aromatic rings. The van der Waals surface area contributed by atoms with Gasteiger partial charge in [0, 0.05) is 17.9 Å².